The van der Waals surface area contributed by atoms with Gasteiger partial charge in [-0.15, -0.1) is 0 Å². The molecule has 0 heterocycles. The van der Waals surface area contributed by atoms with Crippen molar-refractivity contribution in [1.82, 2.24) is 4.90 Å². The van der Waals surface area contributed by atoms with E-state index in [1.165, 1.54) is 16.0 Å². The van der Waals surface area contributed by atoms with Gasteiger partial charge in [-0.3, -0.25) is 9.59 Å². The Labute approximate surface area is 119 Å². The van der Waals surface area contributed by atoms with Gasteiger partial charge in [0.05, 0.1) is 0 Å². The molecular weight excluding hydrogens is 254 g/mol. The largest absolute Gasteiger partial charge is 0.480 e. The van der Waals surface area contributed by atoms with Crippen LogP contribution < -0.4 is 0 Å². The first kappa shape index (κ1) is 14.6. The average molecular weight is 275 g/mol. The summed E-state index contributed by atoms with van der Waals surface area (Å²) in [5.74, 6) is -1.16. The third-order valence-corrected chi connectivity index (χ3v) is 4.03. The van der Waals surface area contributed by atoms with Gasteiger partial charge in [0.1, 0.15) is 6.54 Å². The van der Waals surface area contributed by atoms with E-state index in [0.29, 0.717) is 5.56 Å². The number of aliphatic carboxylic acids is 1. The zero-order valence-corrected chi connectivity index (χ0v) is 12.1. The molecule has 0 saturated heterocycles. The van der Waals surface area contributed by atoms with Crippen LogP contribution in [0.5, 0.6) is 0 Å². The number of amides is 1. The first-order chi connectivity index (χ1) is 9.52. The monoisotopic (exact) mass is 275 g/mol. The van der Waals surface area contributed by atoms with Crippen molar-refractivity contribution >= 4 is 11.9 Å². The highest BCUT2D eigenvalue weighted by atomic mass is 16.4. The van der Waals surface area contributed by atoms with Gasteiger partial charge in [0.25, 0.3) is 5.91 Å². The van der Waals surface area contributed by atoms with Crippen LogP contribution in [-0.4, -0.2) is 34.5 Å². The van der Waals surface area contributed by atoms with Crippen LogP contribution in [0.1, 0.15) is 48.2 Å². The average Bonchev–Trinajstić information content (AvgIpc) is 2.90. The Balaban J connectivity index is 2.24. The minimum atomic E-state index is -0.972. The van der Waals surface area contributed by atoms with Crippen molar-refractivity contribution in [1.29, 1.82) is 0 Å². The minimum absolute atomic E-state index is 0.0770. The Morgan fingerprint density at radius 3 is 2.65 bits per heavy atom. The van der Waals surface area contributed by atoms with Crippen molar-refractivity contribution in [2.24, 2.45) is 0 Å². The second-order valence-electron chi connectivity index (χ2n) is 5.42. The molecule has 108 valence electrons. The van der Waals surface area contributed by atoms with E-state index in [9.17, 15) is 9.59 Å². The normalized spacial score (nSPS) is 14.7. The third kappa shape index (κ3) is 3.00. The van der Waals surface area contributed by atoms with Crippen molar-refractivity contribution in [2.45, 2.75) is 45.6 Å². The van der Waals surface area contributed by atoms with Crippen LogP contribution in [-0.2, 0) is 17.6 Å². The van der Waals surface area contributed by atoms with Gasteiger partial charge in [-0.2, -0.15) is 0 Å². The molecule has 0 aliphatic heterocycles. The Morgan fingerprint density at radius 2 is 2.00 bits per heavy atom. The Morgan fingerprint density at radius 1 is 1.30 bits per heavy atom. The number of carboxylic acids is 1. The summed E-state index contributed by atoms with van der Waals surface area (Å²) in [5, 5.41) is 8.99. The quantitative estimate of drug-likeness (QED) is 0.898. The molecule has 1 aromatic carbocycles. The lowest BCUT2D eigenvalue weighted by atomic mass is 10.0. The van der Waals surface area contributed by atoms with Crippen molar-refractivity contribution in [3.63, 3.8) is 0 Å². The summed E-state index contributed by atoms with van der Waals surface area (Å²) in [6, 6.07) is 5.68. The van der Waals surface area contributed by atoms with Crippen LogP contribution in [0.25, 0.3) is 0 Å². The molecule has 0 spiro atoms. The Hall–Kier alpha value is -1.84. The Kier molecular flexibility index (Phi) is 4.42. The van der Waals surface area contributed by atoms with Gasteiger partial charge in [0.15, 0.2) is 0 Å². The van der Waals surface area contributed by atoms with Crippen LogP contribution in [0.4, 0.5) is 0 Å². The highest BCUT2D eigenvalue weighted by Gasteiger charge is 2.24. The molecule has 1 atom stereocenters. The zero-order chi connectivity index (χ0) is 14.7. The number of fused-ring (bicyclic) bond motifs is 1. The molecule has 0 bridgehead atoms. The topological polar surface area (TPSA) is 57.6 Å². The molecule has 1 aromatic rings. The molecule has 0 radical (unpaired) electrons. The Bertz CT molecular complexity index is 524. The molecule has 0 fully saturated rings. The molecule has 4 heteroatoms. The predicted octanol–water partition coefficient (Wildman–Crippen LogP) is 2.50. The van der Waals surface area contributed by atoms with Gasteiger partial charge in [0, 0.05) is 11.6 Å². The smallest absolute Gasteiger partial charge is 0.323 e. The first-order valence-electron chi connectivity index (χ1n) is 7.17. The van der Waals surface area contributed by atoms with E-state index in [-0.39, 0.29) is 18.5 Å². The molecule has 1 N–H and O–H groups in total. The highest BCUT2D eigenvalue weighted by molar-refractivity contribution is 5.96. The van der Waals surface area contributed by atoms with Gasteiger partial charge in [-0.1, -0.05) is 13.0 Å². The van der Waals surface area contributed by atoms with Crippen LogP contribution in [0.2, 0.25) is 0 Å². The molecule has 0 saturated carbocycles. The number of aryl methyl sites for hydroxylation is 2. The van der Waals surface area contributed by atoms with Crippen molar-refractivity contribution < 1.29 is 14.7 Å². The molecular formula is C16H21NO3. The van der Waals surface area contributed by atoms with Gasteiger partial charge in [-0.25, -0.2) is 0 Å². The number of benzene rings is 1. The van der Waals surface area contributed by atoms with Gasteiger partial charge >= 0.3 is 5.97 Å². The van der Waals surface area contributed by atoms with E-state index in [1.807, 2.05) is 32.0 Å². The maximum atomic E-state index is 12.5. The number of carbonyl (C=O) groups excluding carboxylic acids is 1. The van der Waals surface area contributed by atoms with Crippen LogP contribution in [0.3, 0.4) is 0 Å². The summed E-state index contributed by atoms with van der Waals surface area (Å²) < 4.78 is 0. The number of hydrogen-bond donors (Lipinski definition) is 1. The molecule has 1 aliphatic rings. The number of carbonyl (C=O) groups is 2. The van der Waals surface area contributed by atoms with E-state index >= 15 is 0 Å². The minimum Gasteiger partial charge on any atom is -0.480 e. The number of rotatable bonds is 5. The second kappa shape index (κ2) is 6.07. The second-order valence-corrected chi connectivity index (χ2v) is 5.42. The summed E-state index contributed by atoms with van der Waals surface area (Å²) in [4.78, 5) is 24.9. The van der Waals surface area contributed by atoms with Crippen molar-refractivity contribution in [2.75, 3.05) is 6.54 Å². The first-order valence-corrected chi connectivity index (χ1v) is 7.17. The molecule has 2 rings (SSSR count). The van der Waals surface area contributed by atoms with E-state index in [4.69, 9.17) is 5.11 Å². The molecule has 0 aromatic heterocycles. The summed E-state index contributed by atoms with van der Waals surface area (Å²) in [7, 11) is 0. The maximum absolute atomic E-state index is 12.5. The molecule has 1 amide bonds. The summed E-state index contributed by atoms with van der Waals surface area (Å²) in [5.41, 5.74) is 3.15. The van der Waals surface area contributed by atoms with E-state index in [1.54, 1.807) is 0 Å². The predicted molar refractivity (Wildman–Crippen MR) is 76.9 cm³/mol. The van der Waals surface area contributed by atoms with E-state index in [0.717, 1.165) is 25.7 Å². The van der Waals surface area contributed by atoms with Crippen LogP contribution in [0.15, 0.2) is 18.2 Å². The SMILES string of the molecule is CCC(C)N(CC(=O)O)C(=O)c1ccc2c(c1)CCC2. The molecule has 1 aliphatic carbocycles. The van der Waals surface area contributed by atoms with Gasteiger partial charge in [0.2, 0.25) is 0 Å². The fourth-order valence-electron chi connectivity index (χ4n) is 2.66. The van der Waals surface area contributed by atoms with Crippen molar-refractivity contribution in [3.8, 4) is 0 Å². The van der Waals surface area contributed by atoms with Crippen LogP contribution >= 0.6 is 0 Å². The van der Waals surface area contributed by atoms with E-state index < -0.39 is 5.97 Å². The number of nitrogens with zero attached hydrogens (tertiary/aromatic N) is 1. The molecule has 4 nitrogen and oxygen atoms in total. The highest BCUT2D eigenvalue weighted by Crippen LogP contribution is 2.23. The fraction of sp³-hybridized carbons (Fsp3) is 0.500. The van der Waals surface area contributed by atoms with Crippen molar-refractivity contribution in [3.05, 3.63) is 34.9 Å². The summed E-state index contributed by atoms with van der Waals surface area (Å²) in [6.07, 6.45) is 3.97. The van der Waals surface area contributed by atoms with Gasteiger partial charge in [-0.05, 0) is 55.9 Å². The number of hydrogen-bond acceptors (Lipinski definition) is 2. The molecule has 20 heavy (non-hydrogen) atoms. The van der Waals surface area contributed by atoms with E-state index in [2.05, 4.69) is 0 Å². The lowest BCUT2D eigenvalue weighted by molar-refractivity contribution is -0.138. The number of carboxylic acid groups (broad SMARTS) is 1. The summed E-state index contributed by atoms with van der Waals surface area (Å²) >= 11 is 0. The van der Waals surface area contributed by atoms with Crippen LogP contribution in [0, 0.1) is 0 Å². The maximum Gasteiger partial charge on any atom is 0.323 e. The third-order valence-electron chi connectivity index (χ3n) is 4.03. The lowest BCUT2D eigenvalue weighted by Crippen LogP contribution is -2.41. The standard InChI is InChI=1S/C16H21NO3/c1-3-11(2)17(10-15(18)19)16(20)14-8-7-12-5-4-6-13(12)9-14/h7-9,11H,3-6,10H2,1-2H3,(H,18,19). The summed E-state index contributed by atoms with van der Waals surface area (Å²) in [6.45, 7) is 3.59. The lowest BCUT2D eigenvalue weighted by Gasteiger charge is -2.27. The molecule has 1 unspecified atom stereocenters. The fourth-order valence-corrected chi connectivity index (χ4v) is 2.66. The van der Waals surface area contributed by atoms with Gasteiger partial charge < -0.3 is 10.0 Å². The zero-order valence-electron chi connectivity index (χ0n) is 12.1.